The van der Waals surface area contributed by atoms with E-state index >= 15 is 0 Å². The lowest BCUT2D eigenvalue weighted by atomic mass is 10.00. The summed E-state index contributed by atoms with van der Waals surface area (Å²) in [6, 6.07) is 0.630. The molecule has 142 valence electrons. The second-order valence-electron chi connectivity index (χ2n) is 7.66. The smallest absolute Gasteiger partial charge is 0.223 e. The molecule has 0 radical (unpaired) electrons. The van der Waals surface area contributed by atoms with Crippen molar-refractivity contribution in [1.29, 1.82) is 0 Å². The maximum absolute atomic E-state index is 12.7. The molecule has 1 N–H and O–H groups in total. The number of rotatable bonds is 6. The van der Waals surface area contributed by atoms with Crippen molar-refractivity contribution in [3.8, 4) is 0 Å². The lowest BCUT2D eigenvalue weighted by Gasteiger charge is -2.25. The second kappa shape index (κ2) is 7.74. The Morgan fingerprint density at radius 3 is 2.85 bits per heavy atom. The summed E-state index contributed by atoms with van der Waals surface area (Å²) in [5, 5.41) is 8.80. The number of hydrogen-bond acceptors (Lipinski definition) is 4. The summed E-state index contributed by atoms with van der Waals surface area (Å²) in [4.78, 5) is 19.6. The van der Waals surface area contributed by atoms with Gasteiger partial charge in [-0.25, -0.2) is 9.67 Å². The Kier molecular flexibility index (Phi) is 5.61. The van der Waals surface area contributed by atoms with Gasteiger partial charge in [-0.05, 0) is 65.1 Å². The van der Waals surface area contributed by atoms with E-state index in [4.69, 9.17) is 4.98 Å². The molecule has 1 aliphatic rings. The van der Waals surface area contributed by atoms with E-state index in [2.05, 4.69) is 36.1 Å². The molecule has 1 aliphatic heterocycles. The number of carbonyl (C=O) groups is 1. The Morgan fingerprint density at radius 2 is 2.15 bits per heavy atom. The number of pyridine rings is 1. The van der Waals surface area contributed by atoms with Crippen LogP contribution >= 0.6 is 0 Å². The number of nitrogens with one attached hydrogen (secondary N) is 1. The zero-order valence-corrected chi connectivity index (χ0v) is 16.7. The van der Waals surface area contributed by atoms with E-state index in [1.807, 2.05) is 24.9 Å². The average Bonchev–Trinajstić information content (AvgIpc) is 3.21. The van der Waals surface area contributed by atoms with Gasteiger partial charge in [0.1, 0.15) is 0 Å². The third kappa shape index (κ3) is 3.47. The number of hydrogen-bond donors (Lipinski definition) is 1. The van der Waals surface area contributed by atoms with E-state index in [9.17, 15) is 4.79 Å². The molecule has 6 heteroatoms. The van der Waals surface area contributed by atoms with Crippen molar-refractivity contribution in [2.75, 3.05) is 20.1 Å². The molecule has 0 spiro atoms. The Bertz CT molecular complexity index is 795. The Hall–Kier alpha value is -1.95. The van der Waals surface area contributed by atoms with Gasteiger partial charge in [0, 0.05) is 42.7 Å². The van der Waals surface area contributed by atoms with E-state index in [1.165, 1.54) is 11.1 Å². The molecule has 0 bridgehead atoms. The summed E-state index contributed by atoms with van der Waals surface area (Å²) >= 11 is 0. The van der Waals surface area contributed by atoms with E-state index < -0.39 is 0 Å². The SMILES string of the molecule is CNC[C@@H]1CCCN1C(=O)CCc1c(C)nc2c(cnn2C(C)C)c1C. The van der Waals surface area contributed by atoms with Crippen LogP contribution in [0.3, 0.4) is 0 Å². The van der Waals surface area contributed by atoms with Gasteiger partial charge in [-0.1, -0.05) is 0 Å². The first-order valence-electron chi connectivity index (χ1n) is 9.71. The lowest BCUT2D eigenvalue weighted by molar-refractivity contribution is -0.131. The number of likely N-dealkylation sites (N-methyl/N-ethyl adjacent to an activating group) is 1. The number of amides is 1. The zero-order chi connectivity index (χ0) is 18.8. The molecule has 1 atom stereocenters. The Morgan fingerprint density at radius 1 is 1.38 bits per heavy atom. The maximum Gasteiger partial charge on any atom is 0.223 e. The third-order valence-electron chi connectivity index (χ3n) is 5.55. The zero-order valence-electron chi connectivity index (χ0n) is 16.7. The van der Waals surface area contributed by atoms with Gasteiger partial charge < -0.3 is 10.2 Å². The molecular formula is C20H31N5O. The van der Waals surface area contributed by atoms with Crippen molar-refractivity contribution in [1.82, 2.24) is 25.0 Å². The van der Waals surface area contributed by atoms with E-state index in [0.717, 1.165) is 49.1 Å². The van der Waals surface area contributed by atoms with Gasteiger partial charge in [-0.2, -0.15) is 5.10 Å². The molecule has 3 rings (SSSR count). The molecule has 1 amide bonds. The van der Waals surface area contributed by atoms with Crippen LogP contribution in [0.15, 0.2) is 6.20 Å². The molecule has 3 heterocycles. The van der Waals surface area contributed by atoms with Crippen LogP contribution in [0.1, 0.15) is 56.0 Å². The van der Waals surface area contributed by atoms with Crippen LogP contribution in [0.2, 0.25) is 0 Å². The first kappa shape index (κ1) is 18.8. The van der Waals surface area contributed by atoms with E-state index in [1.54, 1.807) is 0 Å². The van der Waals surface area contributed by atoms with Gasteiger partial charge in [-0.15, -0.1) is 0 Å². The molecule has 1 saturated heterocycles. The Balaban J connectivity index is 1.78. The van der Waals surface area contributed by atoms with Crippen LogP contribution in [0, 0.1) is 13.8 Å². The van der Waals surface area contributed by atoms with Crippen LogP contribution in [-0.4, -0.2) is 51.8 Å². The van der Waals surface area contributed by atoms with Gasteiger partial charge in [0.05, 0.1) is 6.20 Å². The fourth-order valence-corrected chi connectivity index (χ4v) is 4.13. The third-order valence-corrected chi connectivity index (χ3v) is 5.55. The summed E-state index contributed by atoms with van der Waals surface area (Å²) in [5.74, 6) is 0.263. The summed E-state index contributed by atoms with van der Waals surface area (Å²) in [7, 11) is 1.95. The van der Waals surface area contributed by atoms with Gasteiger partial charge in [0.25, 0.3) is 0 Å². The van der Waals surface area contributed by atoms with E-state index in [0.29, 0.717) is 12.5 Å². The molecule has 0 aliphatic carbocycles. The minimum absolute atomic E-state index is 0.263. The van der Waals surface area contributed by atoms with Gasteiger partial charge in [0.15, 0.2) is 5.65 Å². The molecule has 0 unspecified atom stereocenters. The molecule has 26 heavy (non-hydrogen) atoms. The standard InChI is InChI=1S/C20H31N5O/c1-13(2)25-20-18(12-22-25)14(3)17(15(4)23-20)8-9-19(26)24-10-6-7-16(24)11-21-5/h12-13,16,21H,6-11H2,1-5H3/t16-/m0/s1. The predicted molar refractivity (Wildman–Crippen MR) is 104 cm³/mol. The summed E-state index contributed by atoms with van der Waals surface area (Å²) in [6.45, 7) is 10.2. The van der Waals surface area contributed by atoms with Crippen molar-refractivity contribution >= 4 is 16.9 Å². The average molecular weight is 358 g/mol. The van der Waals surface area contributed by atoms with Crippen molar-refractivity contribution in [2.24, 2.45) is 0 Å². The van der Waals surface area contributed by atoms with Crippen LogP contribution in [0.5, 0.6) is 0 Å². The van der Waals surface area contributed by atoms with Crippen LogP contribution in [0.4, 0.5) is 0 Å². The minimum atomic E-state index is 0.263. The Labute approximate surface area is 156 Å². The summed E-state index contributed by atoms with van der Waals surface area (Å²) in [6.07, 6.45) is 5.42. The fraction of sp³-hybridized carbons (Fsp3) is 0.650. The van der Waals surface area contributed by atoms with Crippen LogP contribution in [-0.2, 0) is 11.2 Å². The molecule has 0 saturated carbocycles. The first-order chi connectivity index (χ1) is 12.4. The highest BCUT2D eigenvalue weighted by molar-refractivity contribution is 5.81. The lowest BCUT2D eigenvalue weighted by Crippen LogP contribution is -2.40. The quantitative estimate of drug-likeness (QED) is 0.863. The fourth-order valence-electron chi connectivity index (χ4n) is 4.13. The topological polar surface area (TPSA) is 63.1 Å². The molecule has 1 fully saturated rings. The molecular weight excluding hydrogens is 326 g/mol. The summed E-state index contributed by atoms with van der Waals surface area (Å²) < 4.78 is 1.97. The predicted octanol–water partition coefficient (Wildman–Crippen LogP) is 2.77. The monoisotopic (exact) mass is 357 g/mol. The number of nitrogens with zero attached hydrogens (tertiary/aromatic N) is 4. The molecule has 6 nitrogen and oxygen atoms in total. The van der Waals surface area contributed by atoms with Crippen molar-refractivity contribution < 1.29 is 4.79 Å². The normalized spacial score (nSPS) is 17.6. The highest BCUT2D eigenvalue weighted by Crippen LogP contribution is 2.26. The van der Waals surface area contributed by atoms with Gasteiger partial charge in [0.2, 0.25) is 5.91 Å². The number of carbonyl (C=O) groups excluding carboxylic acids is 1. The van der Waals surface area contributed by atoms with Crippen molar-refractivity contribution in [2.45, 2.75) is 65.5 Å². The molecule has 2 aromatic rings. The first-order valence-corrected chi connectivity index (χ1v) is 9.71. The van der Waals surface area contributed by atoms with Crippen molar-refractivity contribution in [3.63, 3.8) is 0 Å². The highest BCUT2D eigenvalue weighted by atomic mass is 16.2. The largest absolute Gasteiger partial charge is 0.338 e. The number of aryl methyl sites for hydroxylation is 2. The maximum atomic E-state index is 12.7. The second-order valence-corrected chi connectivity index (χ2v) is 7.66. The number of fused-ring (bicyclic) bond motifs is 1. The number of aromatic nitrogens is 3. The van der Waals surface area contributed by atoms with Gasteiger partial charge >= 0.3 is 0 Å². The highest BCUT2D eigenvalue weighted by Gasteiger charge is 2.28. The molecule has 2 aromatic heterocycles. The molecule has 0 aromatic carbocycles. The van der Waals surface area contributed by atoms with Crippen LogP contribution in [0.25, 0.3) is 11.0 Å². The van der Waals surface area contributed by atoms with Crippen LogP contribution < -0.4 is 5.32 Å². The van der Waals surface area contributed by atoms with Gasteiger partial charge in [-0.3, -0.25) is 4.79 Å². The summed E-state index contributed by atoms with van der Waals surface area (Å²) in [5.41, 5.74) is 4.36. The van der Waals surface area contributed by atoms with E-state index in [-0.39, 0.29) is 11.9 Å². The number of likely N-dealkylation sites (tertiary alicyclic amines) is 1. The van der Waals surface area contributed by atoms with Crippen molar-refractivity contribution in [3.05, 3.63) is 23.0 Å². The minimum Gasteiger partial charge on any atom is -0.338 e.